The molecule has 3 aromatic rings. The third-order valence-corrected chi connectivity index (χ3v) is 2.60. The summed E-state index contributed by atoms with van der Waals surface area (Å²) in [4.78, 5) is 4.32. The molecule has 0 saturated heterocycles. The van der Waals surface area contributed by atoms with Gasteiger partial charge in [-0.3, -0.25) is 0 Å². The van der Waals surface area contributed by atoms with Crippen LogP contribution in [0.1, 0.15) is 0 Å². The molecule has 14 heavy (non-hydrogen) atoms. The van der Waals surface area contributed by atoms with E-state index in [1.807, 2.05) is 47.0 Å². The van der Waals surface area contributed by atoms with Crippen molar-refractivity contribution in [2.75, 3.05) is 0 Å². The Kier molecular flexibility index (Phi) is 1.52. The predicted octanol–water partition coefficient (Wildman–Crippen LogP) is 3.14. The van der Waals surface area contributed by atoms with E-state index in [4.69, 9.17) is 11.6 Å². The van der Waals surface area contributed by atoms with Crippen LogP contribution in [0.4, 0.5) is 0 Å². The lowest BCUT2D eigenvalue weighted by Gasteiger charge is -2.02. The van der Waals surface area contributed by atoms with Gasteiger partial charge < -0.3 is 4.40 Å². The minimum absolute atomic E-state index is 0.550. The second-order valence-corrected chi connectivity index (χ2v) is 3.51. The van der Waals surface area contributed by atoms with Crippen LogP contribution in [0.25, 0.3) is 16.6 Å². The highest BCUT2D eigenvalue weighted by Crippen LogP contribution is 2.21. The third kappa shape index (κ3) is 0.946. The van der Waals surface area contributed by atoms with E-state index in [1.165, 1.54) is 0 Å². The van der Waals surface area contributed by atoms with Gasteiger partial charge in [0.15, 0.2) is 5.15 Å². The van der Waals surface area contributed by atoms with E-state index in [2.05, 4.69) is 4.98 Å². The van der Waals surface area contributed by atoms with Crippen LogP contribution >= 0.6 is 11.6 Å². The molecule has 0 aliphatic rings. The SMILES string of the molecule is Clc1nc2ccccc2n2cccc12. The highest BCUT2D eigenvalue weighted by atomic mass is 35.5. The minimum Gasteiger partial charge on any atom is -0.312 e. The van der Waals surface area contributed by atoms with Crippen molar-refractivity contribution in [1.29, 1.82) is 0 Å². The standard InChI is InChI=1S/C11H7ClN2/c12-11-10-6-3-7-14(10)9-5-2-1-4-8(9)13-11/h1-7H. The molecule has 0 radical (unpaired) electrons. The number of nitrogens with zero attached hydrogens (tertiary/aromatic N) is 2. The molecular formula is C11H7ClN2. The molecule has 2 nitrogen and oxygen atoms in total. The van der Waals surface area contributed by atoms with Crippen molar-refractivity contribution in [2.45, 2.75) is 0 Å². The minimum atomic E-state index is 0.550. The van der Waals surface area contributed by atoms with Gasteiger partial charge in [-0.2, -0.15) is 0 Å². The van der Waals surface area contributed by atoms with Crippen LogP contribution in [0.2, 0.25) is 5.15 Å². The molecule has 0 fully saturated rings. The van der Waals surface area contributed by atoms with E-state index in [0.29, 0.717) is 5.15 Å². The fourth-order valence-electron chi connectivity index (χ4n) is 1.68. The summed E-state index contributed by atoms with van der Waals surface area (Å²) in [6.45, 7) is 0. The molecule has 0 spiro atoms. The van der Waals surface area contributed by atoms with Gasteiger partial charge in [0.2, 0.25) is 0 Å². The Balaban J connectivity index is 2.66. The first-order valence-electron chi connectivity index (χ1n) is 4.37. The van der Waals surface area contributed by atoms with Crippen LogP contribution < -0.4 is 0 Å². The third-order valence-electron chi connectivity index (χ3n) is 2.32. The van der Waals surface area contributed by atoms with Crippen molar-refractivity contribution in [2.24, 2.45) is 0 Å². The average molecular weight is 203 g/mol. The lowest BCUT2D eigenvalue weighted by molar-refractivity contribution is 1.23. The Hall–Kier alpha value is -1.54. The van der Waals surface area contributed by atoms with Crippen molar-refractivity contribution in [1.82, 2.24) is 9.38 Å². The molecule has 3 heteroatoms. The fraction of sp³-hybridized carbons (Fsp3) is 0. The maximum atomic E-state index is 6.05. The Bertz CT molecular complexity index is 613. The number of para-hydroxylation sites is 2. The molecule has 1 aromatic carbocycles. The van der Waals surface area contributed by atoms with E-state index >= 15 is 0 Å². The first-order chi connectivity index (χ1) is 6.86. The summed E-state index contributed by atoms with van der Waals surface area (Å²) in [6.07, 6.45) is 1.99. The van der Waals surface area contributed by atoms with Crippen LogP contribution in [0.3, 0.4) is 0 Å². The number of rotatable bonds is 0. The zero-order chi connectivity index (χ0) is 9.54. The van der Waals surface area contributed by atoms with Crippen LogP contribution in [0.5, 0.6) is 0 Å². The molecule has 3 rings (SSSR count). The summed E-state index contributed by atoms with van der Waals surface area (Å²) in [5, 5.41) is 0.550. The number of halogens is 1. The normalized spacial score (nSPS) is 11.2. The molecule has 68 valence electrons. The van der Waals surface area contributed by atoms with Gasteiger partial charge in [0, 0.05) is 6.20 Å². The molecule has 0 amide bonds. The van der Waals surface area contributed by atoms with Crippen LogP contribution in [-0.4, -0.2) is 9.38 Å². The second-order valence-electron chi connectivity index (χ2n) is 3.15. The number of hydrogen-bond acceptors (Lipinski definition) is 1. The van der Waals surface area contributed by atoms with Gasteiger partial charge in [0.25, 0.3) is 0 Å². The molecule has 0 aliphatic heterocycles. The van der Waals surface area contributed by atoms with Crippen molar-refractivity contribution in [3.8, 4) is 0 Å². The Morgan fingerprint density at radius 1 is 1.00 bits per heavy atom. The summed E-state index contributed by atoms with van der Waals surface area (Å²) in [6, 6.07) is 11.9. The van der Waals surface area contributed by atoms with Crippen LogP contribution in [0.15, 0.2) is 42.6 Å². The van der Waals surface area contributed by atoms with Gasteiger partial charge in [-0.05, 0) is 24.3 Å². The summed E-state index contributed by atoms with van der Waals surface area (Å²) < 4.78 is 2.05. The largest absolute Gasteiger partial charge is 0.312 e. The number of aromatic nitrogens is 2. The zero-order valence-electron chi connectivity index (χ0n) is 7.31. The molecule has 0 atom stereocenters. The molecule has 0 aliphatic carbocycles. The van der Waals surface area contributed by atoms with E-state index in [9.17, 15) is 0 Å². The second kappa shape index (κ2) is 2.72. The molecule has 2 aromatic heterocycles. The Morgan fingerprint density at radius 3 is 2.71 bits per heavy atom. The number of fused-ring (bicyclic) bond motifs is 3. The van der Waals surface area contributed by atoms with Crippen molar-refractivity contribution in [3.63, 3.8) is 0 Å². The summed E-state index contributed by atoms with van der Waals surface area (Å²) in [5.74, 6) is 0. The molecule has 0 N–H and O–H groups in total. The van der Waals surface area contributed by atoms with E-state index < -0.39 is 0 Å². The summed E-state index contributed by atoms with van der Waals surface area (Å²) >= 11 is 6.05. The summed E-state index contributed by atoms with van der Waals surface area (Å²) in [7, 11) is 0. The lowest BCUT2D eigenvalue weighted by atomic mass is 10.3. The maximum Gasteiger partial charge on any atom is 0.153 e. The first-order valence-corrected chi connectivity index (χ1v) is 4.75. The average Bonchev–Trinajstić information content (AvgIpc) is 2.67. The van der Waals surface area contributed by atoms with E-state index in [0.717, 1.165) is 16.6 Å². The summed E-state index contributed by atoms with van der Waals surface area (Å²) in [5.41, 5.74) is 2.95. The van der Waals surface area contributed by atoms with Gasteiger partial charge in [-0.25, -0.2) is 4.98 Å². The molecule has 0 saturated carbocycles. The van der Waals surface area contributed by atoms with Crippen LogP contribution in [-0.2, 0) is 0 Å². The Labute approximate surface area is 85.8 Å². The molecule has 0 unspecified atom stereocenters. The van der Waals surface area contributed by atoms with Crippen molar-refractivity contribution >= 4 is 28.2 Å². The van der Waals surface area contributed by atoms with Gasteiger partial charge in [0.05, 0.1) is 16.6 Å². The first kappa shape index (κ1) is 7.83. The van der Waals surface area contributed by atoms with Gasteiger partial charge >= 0.3 is 0 Å². The van der Waals surface area contributed by atoms with Crippen molar-refractivity contribution < 1.29 is 0 Å². The number of benzene rings is 1. The quantitative estimate of drug-likeness (QED) is 0.548. The van der Waals surface area contributed by atoms with Gasteiger partial charge in [0.1, 0.15) is 0 Å². The Morgan fingerprint density at radius 2 is 1.79 bits per heavy atom. The molecular weight excluding hydrogens is 196 g/mol. The maximum absolute atomic E-state index is 6.05. The highest BCUT2D eigenvalue weighted by Gasteiger charge is 2.04. The smallest absolute Gasteiger partial charge is 0.153 e. The topological polar surface area (TPSA) is 17.3 Å². The monoisotopic (exact) mass is 202 g/mol. The zero-order valence-corrected chi connectivity index (χ0v) is 8.07. The van der Waals surface area contributed by atoms with E-state index in [-0.39, 0.29) is 0 Å². The number of hydrogen-bond donors (Lipinski definition) is 0. The van der Waals surface area contributed by atoms with Crippen LogP contribution in [0, 0.1) is 0 Å². The van der Waals surface area contributed by atoms with E-state index in [1.54, 1.807) is 0 Å². The van der Waals surface area contributed by atoms with Gasteiger partial charge in [-0.15, -0.1) is 0 Å². The molecule has 2 heterocycles. The lowest BCUT2D eigenvalue weighted by Crippen LogP contribution is -1.90. The predicted molar refractivity (Wildman–Crippen MR) is 57.7 cm³/mol. The fourth-order valence-corrected chi connectivity index (χ4v) is 1.93. The highest BCUT2D eigenvalue weighted by molar-refractivity contribution is 6.33. The van der Waals surface area contributed by atoms with Crippen molar-refractivity contribution in [3.05, 3.63) is 47.7 Å². The van der Waals surface area contributed by atoms with Gasteiger partial charge in [-0.1, -0.05) is 23.7 Å². The molecule has 0 bridgehead atoms.